The summed E-state index contributed by atoms with van der Waals surface area (Å²) >= 11 is 0. The van der Waals surface area contributed by atoms with Crippen molar-refractivity contribution in [2.24, 2.45) is 5.16 Å². The Labute approximate surface area is 137 Å². The van der Waals surface area contributed by atoms with Crippen LogP contribution in [0.15, 0.2) is 23.4 Å². The minimum absolute atomic E-state index is 0.0639. The summed E-state index contributed by atoms with van der Waals surface area (Å²) in [5, 5.41) is 7.26. The molecule has 0 saturated carbocycles. The van der Waals surface area contributed by atoms with Crippen molar-refractivity contribution >= 4 is 17.3 Å². The molecule has 5 nitrogen and oxygen atoms in total. The highest BCUT2D eigenvalue weighted by Crippen LogP contribution is 2.27. The SMILES string of the molecule is CCC1=NO[C@@H](CNCC(=O)N2CCCc3cc(C)ccc32)C1. The molecule has 0 spiro atoms. The largest absolute Gasteiger partial charge is 0.391 e. The summed E-state index contributed by atoms with van der Waals surface area (Å²) < 4.78 is 0. The first kappa shape index (κ1) is 16.0. The van der Waals surface area contributed by atoms with Crippen molar-refractivity contribution in [1.82, 2.24) is 5.32 Å². The van der Waals surface area contributed by atoms with Crippen LogP contribution in [0.5, 0.6) is 0 Å². The highest BCUT2D eigenvalue weighted by atomic mass is 16.6. The summed E-state index contributed by atoms with van der Waals surface area (Å²) in [7, 11) is 0. The van der Waals surface area contributed by atoms with Gasteiger partial charge in [0.1, 0.15) is 6.10 Å². The minimum Gasteiger partial charge on any atom is -0.391 e. The maximum absolute atomic E-state index is 12.5. The van der Waals surface area contributed by atoms with Crippen LogP contribution in [0.3, 0.4) is 0 Å². The van der Waals surface area contributed by atoms with Crippen LogP contribution >= 0.6 is 0 Å². The number of nitrogens with zero attached hydrogens (tertiary/aromatic N) is 2. The zero-order valence-corrected chi connectivity index (χ0v) is 14.0. The standard InChI is InChI=1S/C18H25N3O2/c1-3-15-10-16(23-20-15)11-19-12-18(22)21-8-4-5-14-9-13(2)6-7-17(14)21/h6-7,9,16,19H,3-5,8,10-12H2,1-2H3/t16-/m1/s1. The number of amides is 1. The number of nitrogens with one attached hydrogen (secondary N) is 1. The van der Waals surface area contributed by atoms with E-state index in [1.807, 2.05) is 4.90 Å². The lowest BCUT2D eigenvalue weighted by Gasteiger charge is -2.30. The third-order valence-electron chi connectivity index (χ3n) is 4.51. The van der Waals surface area contributed by atoms with E-state index in [-0.39, 0.29) is 12.0 Å². The average Bonchev–Trinajstić information content (AvgIpc) is 3.02. The highest BCUT2D eigenvalue weighted by molar-refractivity contribution is 5.96. The van der Waals surface area contributed by atoms with Gasteiger partial charge >= 0.3 is 0 Å². The summed E-state index contributed by atoms with van der Waals surface area (Å²) in [5.41, 5.74) is 4.71. The average molecular weight is 315 g/mol. The summed E-state index contributed by atoms with van der Waals surface area (Å²) in [6, 6.07) is 6.34. The molecule has 0 radical (unpaired) electrons. The number of anilines is 1. The fraction of sp³-hybridized carbons (Fsp3) is 0.556. The molecule has 0 saturated heterocycles. The van der Waals surface area contributed by atoms with Gasteiger partial charge in [-0.25, -0.2) is 0 Å². The van der Waals surface area contributed by atoms with E-state index in [2.05, 4.69) is 42.5 Å². The Balaban J connectivity index is 1.52. The molecular formula is C18H25N3O2. The Kier molecular flexibility index (Phi) is 4.96. The van der Waals surface area contributed by atoms with E-state index in [0.717, 1.165) is 43.6 Å². The molecular weight excluding hydrogens is 290 g/mol. The Bertz CT molecular complexity index is 612. The zero-order valence-electron chi connectivity index (χ0n) is 14.0. The molecule has 1 aromatic carbocycles. The first-order valence-electron chi connectivity index (χ1n) is 8.49. The third-order valence-corrected chi connectivity index (χ3v) is 4.51. The maximum Gasteiger partial charge on any atom is 0.240 e. The van der Waals surface area contributed by atoms with Gasteiger partial charge in [0, 0.05) is 25.2 Å². The zero-order chi connectivity index (χ0) is 16.2. The smallest absolute Gasteiger partial charge is 0.240 e. The fourth-order valence-electron chi connectivity index (χ4n) is 3.23. The van der Waals surface area contributed by atoms with Crippen LogP contribution in [0, 0.1) is 6.92 Å². The van der Waals surface area contributed by atoms with Crippen LogP contribution < -0.4 is 10.2 Å². The van der Waals surface area contributed by atoms with Gasteiger partial charge in [-0.3, -0.25) is 4.79 Å². The number of aryl methyl sites for hydroxylation is 2. The molecule has 1 atom stereocenters. The van der Waals surface area contributed by atoms with E-state index in [1.54, 1.807) is 0 Å². The van der Waals surface area contributed by atoms with Gasteiger partial charge in [-0.1, -0.05) is 29.8 Å². The number of rotatable bonds is 5. The molecule has 2 heterocycles. The molecule has 5 heteroatoms. The number of oxime groups is 1. The fourth-order valence-corrected chi connectivity index (χ4v) is 3.23. The van der Waals surface area contributed by atoms with E-state index in [1.165, 1.54) is 11.1 Å². The normalized spacial score (nSPS) is 20.0. The molecule has 2 aliphatic heterocycles. The molecule has 0 aliphatic carbocycles. The molecule has 1 amide bonds. The highest BCUT2D eigenvalue weighted by Gasteiger charge is 2.23. The van der Waals surface area contributed by atoms with Crippen LogP contribution in [-0.4, -0.2) is 37.4 Å². The monoisotopic (exact) mass is 315 g/mol. The molecule has 23 heavy (non-hydrogen) atoms. The molecule has 0 fully saturated rings. The molecule has 0 aromatic heterocycles. The summed E-state index contributed by atoms with van der Waals surface area (Å²) in [4.78, 5) is 19.8. The van der Waals surface area contributed by atoms with Crippen LogP contribution in [-0.2, 0) is 16.1 Å². The van der Waals surface area contributed by atoms with Crippen LogP contribution in [0.2, 0.25) is 0 Å². The van der Waals surface area contributed by atoms with Crippen molar-refractivity contribution < 1.29 is 9.63 Å². The summed E-state index contributed by atoms with van der Waals surface area (Å²) in [6.07, 6.45) is 3.94. The van der Waals surface area contributed by atoms with Gasteiger partial charge < -0.3 is 15.1 Å². The first-order valence-corrected chi connectivity index (χ1v) is 8.49. The van der Waals surface area contributed by atoms with Gasteiger partial charge in [0.2, 0.25) is 5.91 Å². The second kappa shape index (κ2) is 7.13. The lowest BCUT2D eigenvalue weighted by Crippen LogP contribution is -2.42. The lowest BCUT2D eigenvalue weighted by atomic mass is 9.99. The van der Waals surface area contributed by atoms with Crippen molar-refractivity contribution in [2.45, 2.75) is 45.6 Å². The molecule has 0 unspecified atom stereocenters. The summed E-state index contributed by atoms with van der Waals surface area (Å²) in [5.74, 6) is 0.129. The van der Waals surface area contributed by atoms with E-state index in [0.29, 0.717) is 13.1 Å². The minimum atomic E-state index is 0.0639. The van der Waals surface area contributed by atoms with E-state index < -0.39 is 0 Å². The van der Waals surface area contributed by atoms with Gasteiger partial charge in [-0.15, -0.1) is 0 Å². The first-order chi connectivity index (χ1) is 11.2. The second-order valence-corrected chi connectivity index (χ2v) is 6.35. The Morgan fingerprint density at radius 2 is 2.35 bits per heavy atom. The predicted molar refractivity (Wildman–Crippen MR) is 91.9 cm³/mol. The predicted octanol–water partition coefficient (Wildman–Crippen LogP) is 2.42. The molecule has 1 N–H and O–H groups in total. The van der Waals surface area contributed by atoms with Gasteiger partial charge in [-0.2, -0.15) is 0 Å². The van der Waals surface area contributed by atoms with Gasteiger partial charge in [0.25, 0.3) is 0 Å². The van der Waals surface area contributed by atoms with Crippen molar-refractivity contribution in [1.29, 1.82) is 0 Å². The van der Waals surface area contributed by atoms with Crippen LogP contribution in [0.4, 0.5) is 5.69 Å². The van der Waals surface area contributed by atoms with Gasteiger partial charge in [0.15, 0.2) is 0 Å². The number of hydrogen-bond acceptors (Lipinski definition) is 4. The van der Waals surface area contributed by atoms with Crippen molar-refractivity contribution in [3.63, 3.8) is 0 Å². The quantitative estimate of drug-likeness (QED) is 0.908. The van der Waals surface area contributed by atoms with Crippen molar-refractivity contribution in [3.05, 3.63) is 29.3 Å². The molecule has 124 valence electrons. The van der Waals surface area contributed by atoms with Crippen molar-refractivity contribution in [3.8, 4) is 0 Å². The molecule has 0 bridgehead atoms. The Morgan fingerprint density at radius 3 is 3.13 bits per heavy atom. The number of carbonyl (C=O) groups excluding carboxylic acids is 1. The second-order valence-electron chi connectivity index (χ2n) is 6.35. The van der Waals surface area contributed by atoms with Crippen LogP contribution in [0.25, 0.3) is 0 Å². The maximum atomic E-state index is 12.5. The van der Waals surface area contributed by atoms with Gasteiger partial charge in [0.05, 0.1) is 12.3 Å². The number of carbonyl (C=O) groups is 1. The van der Waals surface area contributed by atoms with Crippen LogP contribution in [0.1, 0.15) is 37.3 Å². The number of benzene rings is 1. The molecule has 3 rings (SSSR count). The number of fused-ring (bicyclic) bond motifs is 1. The topological polar surface area (TPSA) is 53.9 Å². The molecule has 2 aliphatic rings. The van der Waals surface area contributed by atoms with Crippen molar-refractivity contribution in [2.75, 3.05) is 24.5 Å². The van der Waals surface area contributed by atoms with E-state index in [9.17, 15) is 4.79 Å². The van der Waals surface area contributed by atoms with Gasteiger partial charge in [-0.05, 0) is 37.8 Å². The molecule has 1 aromatic rings. The lowest BCUT2D eigenvalue weighted by molar-refractivity contribution is -0.118. The third kappa shape index (κ3) is 3.72. The Hall–Kier alpha value is -1.88. The summed E-state index contributed by atoms with van der Waals surface area (Å²) in [6.45, 7) is 5.98. The number of hydrogen-bond donors (Lipinski definition) is 1. The van der Waals surface area contributed by atoms with E-state index in [4.69, 9.17) is 4.84 Å². The Morgan fingerprint density at radius 1 is 1.48 bits per heavy atom. The van der Waals surface area contributed by atoms with E-state index >= 15 is 0 Å².